The van der Waals surface area contributed by atoms with Crippen LogP contribution in [-0.2, 0) is 0 Å². The molecule has 2 nitrogen and oxygen atoms in total. The second-order valence-corrected chi connectivity index (χ2v) is 7.70. The highest BCUT2D eigenvalue weighted by molar-refractivity contribution is 5.70. The number of benzene rings is 2. The standard InChI is InChI=1S/C25H37NO/c1-26(2)21-15-8-6-4-3-5-7-9-16-22-27-25-20-14-13-19-24(25)23-17-11-10-12-18-23/h10-14,17-20H,3-9,15-16,21-22H2,1-2H3. The summed E-state index contributed by atoms with van der Waals surface area (Å²) in [7, 11) is 4.31. The number of hydrogen-bond donors (Lipinski definition) is 0. The van der Waals surface area contributed by atoms with Gasteiger partial charge in [0.2, 0.25) is 0 Å². The molecule has 0 unspecified atom stereocenters. The van der Waals surface area contributed by atoms with Gasteiger partial charge in [-0.3, -0.25) is 0 Å². The van der Waals surface area contributed by atoms with Gasteiger partial charge in [-0.1, -0.05) is 93.5 Å². The first-order valence-electron chi connectivity index (χ1n) is 10.7. The van der Waals surface area contributed by atoms with E-state index in [1.807, 2.05) is 0 Å². The maximum atomic E-state index is 6.08. The predicted octanol–water partition coefficient (Wildman–Crippen LogP) is 6.80. The van der Waals surface area contributed by atoms with E-state index in [9.17, 15) is 0 Å². The number of hydrogen-bond acceptors (Lipinski definition) is 2. The molecular formula is C25H37NO. The van der Waals surface area contributed by atoms with Crippen molar-refractivity contribution < 1.29 is 4.74 Å². The Hall–Kier alpha value is -1.80. The van der Waals surface area contributed by atoms with E-state index in [0.717, 1.165) is 18.8 Å². The van der Waals surface area contributed by atoms with Crippen molar-refractivity contribution in [3.05, 3.63) is 54.6 Å². The Balaban J connectivity index is 1.53. The zero-order valence-electron chi connectivity index (χ0n) is 17.3. The molecule has 0 saturated heterocycles. The molecule has 2 aromatic carbocycles. The van der Waals surface area contributed by atoms with Crippen LogP contribution in [0.25, 0.3) is 11.1 Å². The molecule has 0 atom stereocenters. The van der Waals surface area contributed by atoms with Crippen molar-refractivity contribution in [2.24, 2.45) is 0 Å². The number of nitrogens with zero attached hydrogens (tertiary/aromatic N) is 1. The SMILES string of the molecule is CN(C)CCCCCCCCCCCOc1ccccc1-c1ccccc1. The molecule has 0 N–H and O–H groups in total. The average Bonchev–Trinajstić information content (AvgIpc) is 2.69. The molecule has 0 amide bonds. The third kappa shape index (κ3) is 9.10. The van der Waals surface area contributed by atoms with E-state index in [1.54, 1.807) is 0 Å². The molecule has 2 rings (SSSR count). The maximum absolute atomic E-state index is 6.08. The van der Waals surface area contributed by atoms with Gasteiger partial charge >= 0.3 is 0 Å². The van der Waals surface area contributed by atoms with Gasteiger partial charge in [-0.15, -0.1) is 0 Å². The van der Waals surface area contributed by atoms with Crippen LogP contribution in [-0.4, -0.2) is 32.1 Å². The van der Waals surface area contributed by atoms with Gasteiger partial charge in [0, 0.05) is 5.56 Å². The van der Waals surface area contributed by atoms with E-state index in [-0.39, 0.29) is 0 Å². The maximum Gasteiger partial charge on any atom is 0.127 e. The van der Waals surface area contributed by atoms with E-state index in [0.29, 0.717) is 0 Å². The van der Waals surface area contributed by atoms with Gasteiger partial charge in [-0.2, -0.15) is 0 Å². The van der Waals surface area contributed by atoms with Crippen molar-refractivity contribution in [3.8, 4) is 16.9 Å². The summed E-state index contributed by atoms with van der Waals surface area (Å²) in [5, 5.41) is 0. The lowest BCUT2D eigenvalue weighted by Gasteiger charge is -2.11. The summed E-state index contributed by atoms with van der Waals surface area (Å²) in [5.41, 5.74) is 2.41. The molecular weight excluding hydrogens is 330 g/mol. The van der Waals surface area contributed by atoms with Crippen LogP contribution in [0.2, 0.25) is 0 Å². The Bertz CT molecular complexity index is 609. The van der Waals surface area contributed by atoms with Crippen molar-refractivity contribution in [1.82, 2.24) is 4.90 Å². The monoisotopic (exact) mass is 367 g/mol. The minimum atomic E-state index is 0.814. The van der Waals surface area contributed by atoms with Gasteiger partial charge in [0.15, 0.2) is 0 Å². The molecule has 2 heteroatoms. The summed E-state index contributed by atoms with van der Waals surface area (Å²) in [6.45, 7) is 2.04. The molecule has 148 valence electrons. The van der Waals surface area contributed by atoms with Gasteiger partial charge in [0.05, 0.1) is 6.61 Å². The van der Waals surface area contributed by atoms with Gasteiger partial charge in [0.25, 0.3) is 0 Å². The number of para-hydroxylation sites is 1. The molecule has 0 radical (unpaired) electrons. The highest BCUT2D eigenvalue weighted by Gasteiger charge is 2.04. The van der Waals surface area contributed by atoms with E-state index < -0.39 is 0 Å². The number of unbranched alkanes of at least 4 members (excludes halogenated alkanes) is 8. The van der Waals surface area contributed by atoms with Crippen LogP contribution < -0.4 is 4.74 Å². The topological polar surface area (TPSA) is 12.5 Å². The fourth-order valence-electron chi connectivity index (χ4n) is 3.40. The minimum Gasteiger partial charge on any atom is -0.493 e. The van der Waals surface area contributed by atoms with Crippen molar-refractivity contribution in [2.45, 2.75) is 57.8 Å². The van der Waals surface area contributed by atoms with Crippen molar-refractivity contribution >= 4 is 0 Å². The molecule has 0 fully saturated rings. The van der Waals surface area contributed by atoms with Crippen LogP contribution in [0.1, 0.15) is 57.8 Å². The number of ether oxygens (including phenoxy) is 1. The van der Waals surface area contributed by atoms with Gasteiger partial charge < -0.3 is 9.64 Å². The molecule has 0 heterocycles. The Morgan fingerprint density at radius 1 is 0.630 bits per heavy atom. The lowest BCUT2D eigenvalue weighted by Crippen LogP contribution is -2.12. The third-order valence-electron chi connectivity index (χ3n) is 4.98. The summed E-state index contributed by atoms with van der Waals surface area (Å²) in [6.07, 6.45) is 12.0. The zero-order chi connectivity index (χ0) is 19.2. The van der Waals surface area contributed by atoms with Crippen LogP contribution in [0, 0.1) is 0 Å². The van der Waals surface area contributed by atoms with E-state index in [2.05, 4.69) is 73.6 Å². The highest BCUT2D eigenvalue weighted by atomic mass is 16.5. The first-order valence-corrected chi connectivity index (χ1v) is 10.7. The predicted molar refractivity (Wildman–Crippen MR) is 117 cm³/mol. The molecule has 0 bridgehead atoms. The van der Waals surface area contributed by atoms with Crippen LogP contribution in [0.5, 0.6) is 5.75 Å². The Morgan fingerprint density at radius 2 is 1.19 bits per heavy atom. The second kappa shape index (κ2) is 13.4. The Labute approximate surface area is 166 Å². The molecule has 0 aromatic heterocycles. The molecule has 0 aliphatic rings. The van der Waals surface area contributed by atoms with Crippen LogP contribution in [0.4, 0.5) is 0 Å². The largest absolute Gasteiger partial charge is 0.493 e. The summed E-state index contributed by atoms with van der Waals surface area (Å²) in [5.74, 6) is 1.00. The Kier molecular flexibility index (Phi) is 10.7. The zero-order valence-corrected chi connectivity index (χ0v) is 17.3. The van der Waals surface area contributed by atoms with Gasteiger partial charge in [-0.05, 0) is 45.1 Å². The van der Waals surface area contributed by atoms with Gasteiger partial charge in [-0.25, -0.2) is 0 Å². The molecule has 0 saturated carbocycles. The second-order valence-electron chi connectivity index (χ2n) is 7.70. The van der Waals surface area contributed by atoms with Crippen LogP contribution in [0.15, 0.2) is 54.6 Å². The van der Waals surface area contributed by atoms with E-state index in [1.165, 1.54) is 69.0 Å². The fourth-order valence-corrected chi connectivity index (χ4v) is 3.40. The summed E-state index contributed by atoms with van der Waals surface area (Å²) >= 11 is 0. The summed E-state index contributed by atoms with van der Waals surface area (Å²) in [4.78, 5) is 2.28. The Morgan fingerprint density at radius 3 is 1.85 bits per heavy atom. The summed E-state index contributed by atoms with van der Waals surface area (Å²) < 4.78 is 6.08. The fraction of sp³-hybridized carbons (Fsp3) is 0.520. The molecule has 0 aliphatic heterocycles. The molecule has 2 aromatic rings. The smallest absolute Gasteiger partial charge is 0.127 e. The van der Waals surface area contributed by atoms with Crippen LogP contribution in [0.3, 0.4) is 0 Å². The van der Waals surface area contributed by atoms with E-state index in [4.69, 9.17) is 4.74 Å². The third-order valence-corrected chi connectivity index (χ3v) is 4.98. The highest BCUT2D eigenvalue weighted by Crippen LogP contribution is 2.29. The van der Waals surface area contributed by atoms with Crippen molar-refractivity contribution in [2.75, 3.05) is 27.2 Å². The first-order chi connectivity index (χ1) is 13.3. The molecule has 0 spiro atoms. The van der Waals surface area contributed by atoms with Crippen molar-refractivity contribution in [1.29, 1.82) is 0 Å². The first kappa shape index (κ1) is 21.5. The van der Waals surface area contributed by atoms with Crippen molar-refractivity contribution in [3.63, 3.8) is 0 Å². The lowest BCUT2D eigenvalue weighted by molar-refractivity contribution is 0.305. The van der Waals surface area contributed by atoms with Crippen LogP contribution >= 0.6 is 0 Å². The normalized spacial score (nSPS) is 11.1. The number of rotatable bonds is 14. The quantitative estimate of drug-likeness (QED) is 0.340. The lowest BCUT2D eigenvalue weighted by atomic mass is 10.0. The van der Waals surface area contributed by atoms with E-state index >= 15 is 0 Å². The van der Waals surface area contributed by atoms with Gasteiger partial charge in [0.1, 0.15) is 5.75 Å². The average molecular weight is 368 g/mol. The summed E-state index contributed by atoms with van der Waals surface area (Å²) in [6, 6.07) is 18.8. The molecule has 0 aliphatic carbocycles. The minimum absolute atomic E-state index is 0.814. The molecule has 27 heavy (non-hydrogen) atoms.